The maximum absolute atomic E-state index is 11.6. The molecule has 47 heavy (non-hydrogen) atoms. The molecule has 4 aromatic carbocycles. The second-order valence-electron chi connectivity index (χ2n) is 10.7. The van der Waals surface area contributed by atoms with E-state index in [1.165, 1.54) is 24.3 Å². The Bertz CT molecular complexity index is 2090. The average Bonchev–Trinajstić information content (AvgIpc) is 3.00. The van der Waals surface area contributed by atoms with Gasteiger partial charge in [-0.25, -0.2) is 8.42 Å². The summed E-state index contributed by atoms with van der Waals surface area (Å²) in [6.45, 7) is 4.82. The van der Waals surface area contributed by atoms with Crippen LogP contribution in [0.3, 0.4) is 0 Å². The molecular formula is C35H31N2Na2O6S2+. The van der Waals surface area contributed by atoms with Crippen molar-refractivity contribution in [1.82, 2.24) is 0 Å². The van der Waals surface area contributed by atoms with Crippen LogP contribution in [0.15, 0.2) is 141 Å². The first-order valence-electron chi connectivity index (χ1n) is 14.1. The zero-order valence-electron chi connectivity index (χ0n) is 26.6. The summed E-state index contributed by atoms with van der Waals surface area (Å²) in [5, 5.41) is 3.48. The van der Waals surface area contributed by atoms with E-state index in [1.54, 1.807) is 24.3 Å². The first-order valence-corrected chi connectivity index (χ1v) is 16.9. The summed E-state index contributed by atoms with van der Waals surface area (Å²) in [5.74, 6) is 0. The van der Waals surface area contributed by atoms with Gasteiger partial charge in [-0.05, 0) is 107 Å². The van der Waals surface area contributed by atoms with Gasteiger partial charge in [-0.2, -0.15) is 8.42 Å². The number of anilines is 1. The van der Waals surface area contributed by atoms with E-state index in [0.717, 1.165) is 44.7 Å². The van der Waals surface area contributed by atoms with Gasteiger partial charge in [0.1, 0.15) is 10.1 Å². The van der Waals surface area contributed by atoms with Gasteiger partial charge in [-0.15, -0.1) is 0 Å². The molecule has 0 aliphatic heterocycles. The molecule has 0 bridgehead atoms. The van der Waals surface area contributed by atoms with Gasteiger partial charge in [0, 0.05) is 12.2 Å². The van der Waals surface area contributed by atoms with Crippen LogP contribution in [0.2, 0.25) is 0 Å². The molecule has 0 amide bonds. The fourth-order valence-corrected chi connectivity index (χ4v) is 6.09. The molecule has 0 fully saturated rings. The predicted molar refractivity (Wildman–Crippen MR) is 176 cm³/mol. The molecule has 4 aromatic rings. The predicted octanol–water partition coefficient (Wildman–Crippen LogP) is 0.725. The van der Waals surface area contributed by atoms with Crippen LogP contribution in [-0.2, 0) is 33.3 Å². The van der Waals surface area contributed by atoms with Gasteiger partial charge in [-0.3, -0.25) is 9.55 Å². The van der Waals surface area contributed by atoms with Crippen LogP contribution in [0.25, 0.3) is 5.57 Å². The summed E-state index contributed by atoms with van der Waals surface area (Å²) in [6, 6.07) is 28.1. The van der Waals surface area contributed by atoms with Crippen LogP contribution in [-0.4, -0.2) is 31.7 Å². The molecule has 0 spiro atoms. The van der Waals surface area contributed by atoms with Gasteiger partial charge in [0.25, 0.3) is 10.1 Å². The second kappa shape index (κ2) is 16.7. The van der Waals surface area contributed by atoms with Crippen molar-refractivity contribution >= 4 is 37.2 Å². The second-order valence-corrected chi connectivity index (χ2v) is 13.5. The summed E-state index contributed by atoms with van der Waals surface area (Å²) in [6.07, 6.45) is 5.78. The quantitative estimate of drug-likeness (QED) is 0.196. The number of rotatable bonds is 9. The molecule has 0 heterocycles. The number of hydrogen-bond donors (Lipinski definition) is 2. The normalized spacial score (nSPS) is 14.9. The maximum atomic E-state index is 11.6. The summed E-state index contributed by atoms with van der Waals surface area (Å²) < 4.78 is 67.2. The maximum Gasteiger partial charge on any atom is 1.00 e. The minimum atomic E-state index is -4.60. The van der Waals surface area contributed by atoms with Crippen molar-refractivity contribution in [3.05, 3.63) is 154 Å². The standard InChI is InChI=1S/C35H32N2O6S2.2Na/c1-24-19-29(13-17-33(24)36-22-26-7-4-3-5-8-26)35(28-11-15-31(16-12-28)44(38,39)40)30-14-18-34(25(2)20-30)37-23-27-9-6-10-32(21-27)45(41,42)43;;/h3-21,36H,22-23H2,1-2H3,(H,38,39,40)(H,41,42,43);;/q;2*+1/p-1. The topological polar surface area (TPSA) is 136 Å². The van der Waals surface area contributed by atoms with Crippen molar-refractivity contribution in [1.29, 1.82) is 0 Å². The van der Waals surface area contributed by atoms with Crippen LogP contribution < -0.4 is 64.4 Å². The molecule has 230 valence electrons. The molecule has 5 rings (SSSR count). The Labute approximate surface area is 320 Å². The largest absolute Gasteiger partial charge is 1.00 e. The molecule has 0 saturated heterocycles. The Kier molecular flexibility index (Phi) is 13.8. The van der Waals surface area contributed by atoms with Gasteiger partial charge in [0.05, 0.1) is 22.0 Å². The number of nitrogens with zero attached hydrogens (tertiary/aromatic N) is 1. The van der Waals surface area contributed by atoms with Crippen molar-refractivity contribution in [3.63, 3.8) is 0 Å². The van der Waals surface area contributed by atoms with E-state index in [1.807, 2.05) is 62.4 Å². The zero-order chi connectivity index (χ0) is 32.2. The van der Waals surface area contributed by atoms with Crippen LogP contribution in [0.1, 0.15) is 34.7 Å². The van der Waals surface area contributed by atoms with E-state index in [0.29, 0.717) is 17.8 Å². The number of nitrogens with one attached hydrogen (secondary N) is 1. The molecule has 2 N–H and O–H groups in total. The molecule has 0 atom stereocenters. The molecular weight excluding hydrogens is 655 g/mol. The number of aliphatic imine (C=N–C) groups is 1. The van der Waals surface area contributed by atoms with Crippen molar-refractivity contribution < 1.29 is 85.1 Å². The summed E-state index contributed by atoms with van der Waals surface area (Å²) in [5.41, 5.74) is 8.72. The van der Waals surface area contributed by atoms with Crippen molar-refractivity contribution in [2.75, 3.05) is 5.32 Å². The Morgan fingerprint density at radius 3 is 2.04 bits per heavy atom. The Morgan fingerprint density at radius 1 is 0.766 bits per heavy atom. The van der Waals surface area contributed by atoms with E-state index in [-0.39, 0.29) is 75.5 Å². The van der Waals surface area contributed by atoms with E-state index in [9.17, 15) is 25.9 Å². The molecule has 0 aromatic heterocycles. The Morgan fingerprint density at radius 2 is 1.43 bits per heavy atom. The number of benzene rings is 4. The number of aryl methyl sites for hydroxylation is 1. The summed E-state index contributed by atoms with van der Waals surface area (Å²) in [4.78, 5) is 4.17. The molecule has 0 radical (unpaired) electrons. The minimum absolute atomic E-state index is 0. The smallest absolute Gasteiger partial charge is 0.744 e. The van der Waals surface area contributed by atoms with Crippen LogP contribution >= 0.6 is 0 Å². The third-order valence-electron chi connectivity index (χ3n) is 7.39. The summed E-state index contributed by atoms with van der Waals surface area (Å²) in [7, 11) is -8.91. The van der Waals surface area contributed by atoms with Gasteiger partial charge in [-0.1, -0.05) is 66.7 Å². The fourth-order valence-electron chi connectivity index (χ4n) is 5.07. The van der Waals surface area contributed by atoms with Crippen molar-refractivity contribution in [3.8, 4) is 0 Å². The van der Waals surface area contributed by atoms with Gasteiger partial charge in [0.2, 0.25) is 0 Å². The third kappa shape index (κ3) is 10.2. The minimum Gasteiger partial charge on any atom is -0.744 e. The van der Waals surface area contributed by atoms with E-state index < -0.39 is 20.2 Å². The Hall–Kier alpha value is -2.61. The van der Waals surface area contributed by atoms with Crippen LogP contribution in [0.4, 0.5) is 5.69 Å². The van der Waals surface area contributed by atoms with Gasteiger partial charge < -0.3 is 9.87 Å². The number of allylic oxidation sites excluding steroid dienone is 5. The summed E-state index contributed by atoms with van der Waals surface area (Å²) >= 11 is 0. The number of hydrogen-bond acceptors (Lipinski definition) is 7. The van der Waals surface area contributed by atoms with E-state index >= 15 is 0 Å². The molecule has 12 heteroatoms. The molecule has 0 unspecified atom stereocenters. The monoisotopic (exact) mass is 685 g/mol. The Balaban J connectivity index is 0.00000300. The van der Waals surface area contributed by atoms with E-state index in [4.69, 9.17) is 0 Å². The average molecular weight is 686 g/mol. The molecule has 1 aliphatic rings. The van der Waals surface area contributed by atoms with Crippen molar-refractivity contribution in [2.45, 2.75) is 36.7 Å². The molecule has 8 nitrogen and oxygen atoms in total. The van der Waals surface area contributed by atoms with Crippen LogP contribution in [0.5, 0.6) is 0 Å². The van der Waals surface area contributed by atoms with Gasteiger partial charge >= 0.3 is 59.1 Å². The first-order chi connectivity index (χ1) is 21.4. The SMILES string of the molecule is CC1=CC(=C(c2ccc(S(=O)(=O)[O-])cc2)c2ccc(NCc3ccccc3)c(C)c2)C=CC1=NCc1cccc(S(=O)(=O)O)c1.[Na+].[Na+]. The first kappa shape index (κ1) is 38.8. The third-order valence-corrected chi connectivity index (χ3v) is 9.09. The molecule has 0 saturated carbocycles. The van der Waals surface area contributed by atoms with E-state index in [2.05, 4.69) is 28.5 Å². The zero-order valence-corrected chi connectivity index (χ0v) is 32.3. The van der Waals surface area contributed by atoms with Crippen LogP contribution in [0, 0.1) is 6.92 Å². The fraction of sp³-hybridized carbons (Fsp3) is 0.114. The molecule has 1 aliphatic carbocycles. The van der Waals surface area contributed by atoms with Gasteiger partial charge in [0.15, 0.2) is 0 Å². The van der Waals surface area contributed by atoms with Crippen molar-refractivity contribution in [2.24, 2.45) is 4.99 Å².